The summed E-state index contributed by atoms with van der Waals surface area (Å²) in [5.41, 5.74) is -0.0785. The van der Waals surface area contributed by atoms with Gasteiger partial charge < -0.3 is 0 Å². The van der Waals surface area contributed by atoms with Crippen molar-refractivity contribution in [1.29, 1.82) is 0 Å². The molecule has 3 heterocycles. The number of rotatable bonds is 3. The van der Waals surface area contributed by atoms with Crippen molar-refractivity contribution in [3.8, 4) is 35.1 Å². The molecule has 13 heteroatoms. The smallest absolute Gasteiger partial charge is 0.296 e. The van der Waals surface area contributed by atoms with Crippen LogP contribution in [0.5, 0.6) is 0 Å². The Labute approximate surface area is 339 Å². The van der Waals surface area contributed by atoms with Crippen LogP contribution < -0.4 is 22.5 Å². The summed E-state index contributed by atoms with van der Waals surface area (Å²) in [7, 11) is 1.44. The number of halogens is 3. The fraction of sp³-hybridized carbons (Fsp3) is 0.0870. The van der Waals surface area contributed by atoms with Gasteiger partial charge in [0.05, 0.1) is 21.6 Å². The van der Waals surface area contributed by atoms with Crippen LogP contribution >= 0.6 is 11.6 Å². The van der Waals surface area contributed by atoms with Crippen LogP contribution in [0, 0.1) is 35.3 Å². The normalized spacial score (nSPS) is 10.7. The minimum atomic E-state index is -1.04. The van der Waals surface area contributed by atoms with E-state index in [0.29, 0.717) is 21.2 Å². The molecular formula is C46H31ClF2N6O4. The molecule has 0 spiro atoms. The van der Waals surface area contributed by atoms with Crippen molar-refractivity contribution < 1.29 is 8.78 Å². The minimum absolute atomic E-state index is 0.0956. The van der Waals surface area contributed by atoms with E-state index in [1.54, 1.807) is 60.7 Å². The molecule has 0 saturated carbocycles. The Morgan fingerprint density at radius 3 is 1.78 bits per heavy atom. The van der Waals surface area contributed by atoms with Crippen molar-refractivity contribution in [2.45, 2.75) is 19.9 Å². The zero-order valence-corrected chi connectivity index (χ0v) is 32.4. The quantitative estimate of drug-likeness (QED) is 0.179. The number of aryl methyl sites for hydroxylation is 1. The number of nitrogens with zero attached hydrogens (tertiary/aromatic N) is 6. The molecule has 3 aromatic heterocycles. The molecule has 0 aliphatic heterocycles. The molecule has 59 heavy (non-hydrogen) atoms. The summed E-state index contributed by atoms with van der Waals surface area (Å²) < 4.78 is 33.8. The molecule has 0 saturated heterocycles. The fourth-order valence-electron chi connectivity index (χ4n) is 6.28. The first kappa shape index (κ1) is 39.6. The van der Waals surface area contributed by atoms with Crippen molar-refractivity contribution in [3.63, 3.8) is 0 Å². The van der Waals surface area contributed by atoms with Crippen LogP contribution in [0.15, 0.2) is 147 Å². The standard InChI is InChI=1S/C23H17ClN4O2.C23H14F2N2O2/c1-15(2)27-21-20(25-12-13-26-21)22(29)28(23(27)30)19-11-10-17(14-18(19)24)9-8-16-6-4-3-5-7-16;1-26-20-10-6-5-9-17(20)22(28)27(23(26)29)21-18(24)13-16(14-19(21)25)12-11-15-7-3-2-4-8-15/h3-7,10-15H,1-2H3;2-10,13-14H,1H3. The highest BCUT2D eigenvalue weighted by molar-refractivity contribution is 6.32. The Balaban J connectivity index is 0.000000179. The van der Waals surface area contributed by atoms with Gasteiger partial charge in [0.2, 0.25) is 0 Å². The van der Waals surface area contributed by atoms with Gasteiger partial charge in [-0.25, -0.2) is 37.5 Å². The molecule has 0 N–H and O–H groups in total. The second-order valence-electron chi connectivity index (χ2n) is 13.3. The Morgan fingerprint density at radius 2 is 1.17 bits per heavy atom. The van der Waals surface area contributed by atoms with E-state index in [1.165, 1.54) is 34.6 Å². The van der Waals surface area contributed by atoms with E-state index < -0.39 is 39.8 Å². The largest absolute Gasteiger partial charge is 0.337 e. The van der Waals surface area contributed by atoms with Gasteiger partial charge in [-0.2, -0.15) is 0 Å². The van der Waals surface area contributed by atoms with Crippen LogP contribution in [-0.2, 0) is 7.05 Å². The molecule has 0 aliphatic carbocycles. The molecular weight excluding hydrogens is 774 g/mol. The predicted octanol–water partition coefficient (Wildman–Crippen LogP) is 6.94. The molecule has 0 atom stereocenters. The van der Waals surface area contributed by atoms with E-state index in [0.717, 1.165) is 22.3 Å². The molecule has 0 bridgehead atoms. The van der Waals surface area contributed by atoms with Crippen LogP contribution in [-0.4, -0.2) is 28.2 Å². The average Bonchev–Trinajstić information content (AvgIpc) is 3.24. The monoisotopic (exact) mass is 804 g/mol. The molecule has 0 radical (unpaired) electrons. The van der Waals surface area contributed by atoms with Crippen LogP contribution in [0.25, 0.3) is 33.4 Å². The third-order valence-electron chi connectivity index (χ3n) is 9.08. The summed E-state index contributed by atoms with van der Waals surface area (Å²) in [6.07, 6.45) is 2.88. The van der Waals surface area contributed by atoms with Gasteiger partial charge in [0.1, 0.15) is 5.69 Å². The van der Waals surface area contributed by atoms with E-state index in [9.17, 15) is 28.0 Å². The van der Waals surface area contributed by atoms with Crippen molar-refractivity contribution in [3.05, 3.63) is 208 Å². The Hall–Kier alpha value is -7.67. The molecule has 8 rings (SSSR count). The van der Waals surface area contributed by atoms with Crippen molar-refractivity contribution in [2.75, 3.05) is 0 Å². The van der Waals surface area contributed by atoms with Crippen molar-refractivity contribution >= 4 is 33.7 Å². The van der Waals surface area contributed by atoms with Crippen LogP contribution in [0.4, 0.5) is 8.78 Å². The van der Waals surface area contributed by atoms with E-state index in [2.05, 4.69) is 33.6 Å². The summed E-state index contributed by atoms with van der Waals surface area (Å²) in [6, 6.07) is 31.7. The van der Waals surface area contributed by atoms with Crippen LogP contribution in [0.1, 0.15) is 42.1 Å². The molecule has 0 amide bonds. The maximum Gasteiger partial charge on any atom is 0.337 e. The van der Waals surface area contributed by atoms with Gasteiger partial charge in [-0.15, -0.1) is 0 Å². The zero-order chi connectivity index (χ0) is 41.8. The van der Waals surface area contributed by atoms with Crippen molar-refractivity contribution in [2.24, 2.45) is 7.05 Å². The third kappa shape index (κ3) is 7.99. The highest BCUT2D eigenvalue weighted by Gasteiger charge is 2.21. The predicted molar refractivity (Wildman–Crippen MR) is 224 cm³/mol. The minimum Gasteiger partial charge on any atom is -0.296 e. The molecule has 8 aromatic rings. The summed E-state index contributed by atoms with van der Waals surface area (Å²) in [5.74, 6) is 9.51. The first-order valence-corrected chi connectivity index (χ1v) is 18.4. The highest BCUT2D eigenvalue weighted by Crippen LogP contribution is 2.22. The zero-order valence-electron chi connectivity index (χ0n) is 31.7. The lowest BCUT2D eigenvalue weighted by molar-refractivity contribution is 0.559. The third-order valence-corrected chi connectivity index (χ3v) is 9.39. The number of fused-ring (bicyclic) bond motifs is 2. The van der Waals surface area contributed by atoms with E-state index in [-0.39, 0.29) is 38.9 Å². The number of aromatic nitrogens is 6. The summed E-state index contributed by atoms with van der Waals surface area (Å²) in [5, 5.41) is 0.425. The second-order valence-corrected chi connectivity index (χ2v) is 13.7. The van der Waals surface area contributed by atoms with Gasteiger partial charge >= 0.3 is 11.4 Å². The molecule has 10 nitrogen and oxygen atoms in total. The van der Waals surface area contributed by atoms with Gasteiger partial charge in [0.15, 0.2) is 22.8 Å². The molecule has 0 unspecified atom stereocenters. The first-order valence-electron chi connectivity index (χ1n) is 18.1. The first-order chi connectivity index (χ1) is 28.4. The lowest BCUT2D eigenvalue weighted by atomic mass is 10.1. The number of para-hydroxylation sites is 1. The molecule has 5 aromatic carbocycles. The summed E-state index contributed by atoms with van der Waals surface area (Å²) in [4.78, 5) is 60.0. The Morgan fingerprint density at radius 1 is 0.610 bits per heavy atom. The molecule has 0 aliphatic rings. The maximum atomic E-state index is 14.8. The number of benzene rings is 5. The number of hydrogen-bond acceptors (Lipinski definition) is 6. The topological polar surface area (TPSA) is 114 Å². The van der Waals surface area contributed by atoms with Crippen LogP contribution in [0.2, 0.25) is 5.02 Å². The average molecular weight is 805 g/mol. The van der Waals surface area contributed by atoms with Crippen molar-refractivity contribution in [1.82, 2.24) is 28.2 Å². The second kappa shape index (κ2) is 16.8. The van der Waals surface area contributed by atoms with E-state index in [1.807, 2.05) is 50.2 Å². The highest BCUT2D eigenvalue weighted by atomic mass is 35.5. The van der Waals surface area contributed by atoms with Gasteiger partial charge in [0.25, 0.3) is 11.1 Å². The van der Waals surface area contributed by atoms with Gasteiger partial charge in [-0.05, 0) is 80.6 Å². The maximum absolute atomic E-state index is 14.8. The van der Waals surface area contributed by atoms with E-state index in [4.69, 9.17) is 11.6 Å². The lowest BCUT2D eigenvalue weighted by Crippen LogP contribution is -2.40. The van der Waals surface area contributed by atoms with Gasteiger partial charge in [0, 0.05) is 47.7 Å². The SMILES string of the molecule is CC(C)n1c(=O)n(-c2ccc(C#Cc3ccccc3)cc2Cl)c(=O)c2nccnc21.Cn1c(=O)n(-c2c(F)cc(C#Cc3ccccc3)cc2F)c(=O)c2ccccc21. The van der Waals surface area contributed by atoms with Crippen LogP contribution in [0.3, 0.4) is 0 Å². The Kier molecular flexibility index (Phi) is 11.3. The fourth-order valence-corrected chi connectivity index (χ4v) is 6.55. The summed E-state index contributed by atoms with van der Waals surface area (Å²) >= 11 is 6.46. The molecule has 0 fully saturated rings. The summed E-state index contributed by atoms with van der Waals surface area (Å²) in [6.45, 7) is 3.68. The van der Waals surface area contributed by atoms with Gasteiger partial charge in [-0.1, -0.05) is 83.8 Å². The lowest BCUT2D eigenvalue weighted by Gasteiger charge is -2.16. The van der Waals surface area contributed by atoms with Gasteiger partial charge in [-0.3, -0.25) is 18.7 Å². The Bertz CT molecular complexity index is 3280. The molecule has 290 valence electrons. The number of hydrogen-bond donors (Lipinski definition) is 0. The van der Waals surface area contributed by atoms with E-state index >= 15 is 0 Å².